The van der Waals surface area contributed by atoms with Crippen molar-refractivity contribution in [3.63, 3.8) is 0 Å². The second-order valence-electron chi connectivity index (χ2n) is 4.29. The normalized spacial score (nSPS) is 12.6. The van der Waals surface area contributed by atoms with Gasteiger partial charge in [-0.25, -0.2) is 0 Å². The Balaban J connectivity index is 2.06. The van der Waals surface area contributed by atoms with Gasteiger partial charge in [0.2, 0.25) is 0 Å². The summed E-state index contributed by atoms with van der Waals surface area (Å²) in [6.45, 7) is 2.15. The van der Waals surface area contributed by atoms with Gasteiger partial charge in [-0.05, 0) is 17.5 Å². The SMILES string of the molecule is CCc1ccc(C(N)Cc2cn(C)nn2)cc1. The molecule has 2 N–H and O–H groups in total. The molecule has 1 atom stereocenters. The number of benzene rings is 1. The maximum atomic E-state index is 6.15. The van der Waals surface area contributed by atoms with Crippen molar-refractivity contribution in [1.82, 2.24) is 15.0 Å². The van der Waals surface area contributed by atoms with Crippen LogP contribution in [-0.4, -0.2) is 15.0 Å². The van der Waals surface area contributed by atoms with Crippen LogP contribution in [0, 0.1) is 0 Å². The van der Waals surface area contributed by atoms with Gasteiger partial charge < -0.3 is 5.73 Å². The maximum absolute atomic E-state index is 6.15. The molecule has 0 amide bonds. The van der Waals surface area contributed by atoms with Gasteiger partial charge >= 0.3 is 0 Å². The summed E-state index contributed by atoms with van der Waals surface area (Å²) in [5.74, 6) is 0. The zero-order valence-corrected chi connectivity index (χ0v) is 10.3. The Kier molecular flexibility index (Phi) is 3.54. The molecular formula is C13H18N4. The van der Waals surface area contributed by atoms with E-state index in [1.165, 1.54) is 5.56 Å². The summed E-state index contributed by atoms with van der Waals surface area (Å²) < 4.78 is 1.70. The van der Waals surface area contributed by atoms with E-state index in [0.717, 1.165) is 24.1 Å². The molecule has 0 spiro atoms. The zero-order chi connectivity index (χ0) is 12.3. The second kappa shape index (κ2) is 5.10. The fourth-order valence-electron chi connectivity index (χ4n) is 1.83. The van der Waals surface area contributed by atoms with Crippen molar-refractivity contribution in [2.75, 3.05) is 0 Å². The Labute approximate surface area is 101 Å². The smallest absolute Gasteiger partial charge is 0.0845 e. The molecule has 1 unspecified atom stereocenters. The maximum Gasteiger partial charge on any atom is 0.0845 e. The predicted octanol–water partition coefficient (Wildman–Crippen LogP) is 1.62. The van der Waals surface area contributed by atoms with Gasteiger partial charge in [0.1, 0.15) is 0 Å². The van der Waals surface area contributed by atoms with Crippen LogP contribution >= 0.6 is 0 Å². The van der Waals surface area contributed by atoms with Crippen molar-refractivity contribution < 1.29 is 0 Å². The first kappa shape index (κ1) is 11.8. The van der Waals surface area contributed by atoms with E-state index in [1.807, 2.05) is 13.2 Å². The molecule has 4 heteroatoms. The summed E-state index contributed by atoms with van der Waals surface area (Å²) in [7, 11) is 1.86. The van der Waals surface area contributed by atoms with Crippen LogP contribution in [0.4, 0.5) is 0 Å². The summed E-state index contributed by atoms with van der Waals surface area (Å²) in [5.41, 5.74) is 9.56. The average molecular weight is 230 g/mol. The molecule has 0 saturated heterocycles. The molecule has 17 heavy (non-hydrogen) atoms. The van der Waals surface area contributed by atoms with Crippen LogP contribution in [-0.2, 0) is 19.9 Å². The fourth-order valence-corrected chi connectivity index (χ4v) is 1.83. The Bertz CT molecular complexity index is 472. The Hall–Kier alpha value is -1.68. The molecular weight excluding hydrogens is 212 g/mol. The highest BCUT2D eigenvalue weighted by molar-refractivity contribution is 5.25. The molecule has 0 aliphatic heterocycles. The molecule has 0 radical (unpaired) electrons. The average Bonchev–Trinajstić information content (AvgIpc) is 2.75. The molecule has 4 nitrogen and oxygen atoms in total. The van der Waals surface area contributed by atoms with Crippen molar-refractivity contribution in [1.29, 1.82) is 0 Å². The van der Waals surface area contributed by atoms with Crippen molar-refractivity contribution >= 4 is 0 Å². The molecule has 0 aliphatic carbocycles. The van der Waals surface area contributed by atoms with E-state index in [2.05, 4.69) is 41.5 Å². The van der Waals surface area contributed by atoms with Crippen LogP contribution in [0.5, 0.6) is 0 Å². The van der Waals surface area contributed by atoms with E-state index in [1.54, 1.807) is 4.68 Å². The summed E-state index contributed by atoms with van der Waals surface area (Å²) >= 11 is 0. The Morgan fingerprint density at radius 2 is 2.00 bits per heavy atom. The molecule has 0 fully saturated rings. The van der Waals surface area contributed by atoms with Crippen molar-refractivity contribution in [3.05, 3.63) is 47.3 Å². The minimum absolute atomic E-state index is 0.0161. The van der Waals surface area contributed by atoms with Crippen LogP contribution in [0.1, 0.15) is 29.8 Å². The van der Waals surface area contributed by atoms with E-state index in [9.17, 15) is 0 Å². The molecule has 2 rings (SSSR count). The fraction of sp³-hybridized carbons (Fsp3) is 0.385. The highest BCUT2D eigenvalue weighted by atomic mass is 15.4. The lowest BCUT2D eigenvalue weighted by atomic mass is 10.0. The summed E-state index contributed by atoms with van der Waals surface area (Å²) in [6, 6.07) is 8.44. The first-order chi connectivity index (χ1) is 8.19. The summed E-state index contributed by atoms with van der Waals surface area (Å²) in [6.07, 6.45) is 3.68. The number of hydrogen-bond acceptors (Lipinski definition) is 3. The number of nitrogens with zero attached hydrogens (tertiary/aromatic N) is 3. The minimum Gasteiger partial charge on any atom is -0.324 e. The molecule has 1 aromatic heterocycles. The van der Waals surface area contributed by atoms with Gasteiger partial charge in [0.15, 0.2) is 0 Å². The van der Waals surface area contributed by atoms with Crippen molar-refractivity contribution in [2.45, 2.75) is 25.8 Å². The van der Waals surface area contributed by atoms with Gasteiger partial charge in [-0.1, -0.05) is 36.4 Å². The van der Waals surface area contributed by atoms with E-state index >= 15 is 0 Å². The van der Waals surface area contributed by atoms with Gasteiger partial charge in [-0.15, -0.1) is 5.10 Å². The van der Waals surface area contributed by atoms with Crippen molar-refractivity contribution in [3.8, 4) is 0 Å². The second-order valence-corrected chi connectivity index (χ2v) is 4.29. The highest BCUT2D eigenvalue weighted by Crippen LogP contribution is 2.15. The van der Waals surface area contributed by atoms with Crippen LogP contribution in [0.3, 0.4) is 0 Å². The third-order valence-electron chi connectivity index (χ3n) is 2.90. The minimum atomic E-state index is -0.0161. The number of nitrogens with two attached hydrogens (primary N) is 1. The standard InChI is InChI=1S/C13H18N4/c1-3-10-4-6-11(7-5-10)13(14)8-12-9-17(2)16-15-12/h4-7,9,13H,3,8,14H2,1-2H3. The lowest BCUT2D eigenvalue weighted by Gasteiger charge is -2.10. The van der Waals surface area contributed by atoms with Gasteiger partial charge in [-0.2, -0.15) is 0 Å². The quantitative estimate of drug-likeness (QED) is 0.868. The summed E-state index contributed by atoms with van der Waals surface area (Å²) in [5, 5.41) is 7.95. The van der Waals surface area contributed by atoms with Crippen LogP contribution in [0.2, 0.25) is 0 Å². The molecule has 0 aliphatic rings. The summed E-state index contributed by atoms with van der Waals surface area (Å²) in [4.78, 5) is 0. The molecule has 0 bridgehead atoms. The molecule has 0 saturated carbocycles. The number of aryl methyl sites for hydroxylation is 2. The van der Waals surface area contributed by atoms with Gasteiger partial charge in [0, 0.05) is 25.7 Å². The lowest BCUT2D eigenvalue weighted by molar-refractivity contribution is 0.693. The Morgan fingerprint density at radius 1 is 1.29 bits per heavy atom. The van der Waals surface area contributed by atoms with E-state index < -0.39 is 0 Å². The lowest BCUT2D eigenvalue weighted by Crippen LogP contribution is -2.13. The molecule has 2 aromatic rings. The third-order valence-corrected chi connectivity index (χ3v) is 2.90. The van der Waals surface area contributed by atoms with E-state index in [0.29, 0.717) is 0 Å². The third kappa shape index (κ3) is 2.91. The van der Waals surface area contributed by atoms with Crippen LogP contribution in [0.15, 0.2) is 30.5 Å². The first-order valence-corrected chi connectivity index (χ1v) is 5.88. The molecule has 1 aromatic carbocycles. The van der Waals surface area contributed by atoms with Gasteiger partial charge in [0.05, 0.1) is 5.69 Å². The largest absolute Gasteiger partial charge is 0.324 e. The number of aromatic nitrogens is 3. The number of hydrogen-bond donors (Lipinski definition) is 1. The van der Waals surface area contributed by atoms with E-state index in [4.69, 9.17) is 5.73 Å². The first-order valence-electron chi connectivity index (χ1n) is 5.88. The topological polar surface area (TPSA) is 56.7 Å². The van der Waals surface area contributed by atoms with E-state index in [-0.39, 0.29) is 6.04 Å². The van der Waals surface area contributed by atoms with Crippen molar-refractivity contribution in [2.24, 2.45) is 12.8 Å². The van der Waals surface area contributed by atoms with Crippen LogP contribution in [0.25, 0.3) is 0 Å². The zero-order valence-electron chi connectivity index (χ0n) is 10.3. The van der Waals surface area contributed by atoms with Gasteiger partial charge in [-0.3, -0.25) is 4.68 Å². The Morgan fingerprint density at radius 3 is 2.53 bits per heavy atom. The monoisotopic (exact) mass is 230 g/mol. The van der Waals surface area contributed by atoms with Gasteiger partial charge in [0.25, 0.3) is 0 Å². The molecule has 90 valence electrons. The highest BCUT2D eigenvalue weighted by Gasteiger charge is 2.09. The predicted molar refractivity (Wildman–Crippen MR) is 67.5 cm³/mol. The van der Waals surface area contributed by atoms with Crippen LogP contribution < -0.4 is 5.73 Å². The molecule has 1 heterocycles. The number of rotatable bonds is 4.